The number of rotatable bonds is 7. The van der Waals surface area contributed by atoms with Crippen LogP contribution < -0.4 is 10.0 Å². The van der Waals surface area contributed by atoms with Crippen LogP contribution in [0.25, 0.3) is 0 Å². The molecular weight excluding hydrogens is 310 g/mol. The van der Waals surface area contributed by atoms with Gasteiger partial charge in [0.05, 0.1) is 0 Å². The van der Waals surface area contributed by atoms with Gasteiger partial charge in [-0.3, -0.25) is 10.1 Å². The van der Waals surface area contributed by atoms with Crippen molar-refractivity contribution in [1.82, 2.24) is 15.1 Å². The van der Waals surface area contributed by atoms with E-state index in [0.717, 1.165) is 25.1 Å². The van der Waals surface area contributed by atoms with Crippen molar-refractivity contribution < 1.29 is 23.7 Å². The van der Waals surface area contributed by atoms with Crippen LogP contribution in [0.15, 0.2) is 0 Å². The first-order valence-electron chi connectivity index (χ1n) is 7.24. The third-order valence-electron chi connectivity index (χ3n) is 2.86. The minimum absolute atomic E-state index is 0.168. The fraction of sp³-hybridized carbons (Fsp3) is 0.846. The molecule has 1 atom stereocenters. The van der Waals surface area contributed by atoms with Crippen molar-refractivity contribution in [2.75, 3.05) is 6.54 Å². The first kappa shape index (κ1) is 19.0. The average Bonchev–Trinajstić information content (AvgIpc) is 2.66. The fourth-order valence-electron chi connectivity index (χ4n) is 1.83. The van der Waals surface area contributed by atoms with Gasteiger partial charge in [-0.2, -0.15) is 4.72 Å². The molecule has 0 aliphatic carbocycles. The molecule has 1 amide bonds. The third kappa shape index (κ3) is 6.82. The molecule has 0 bridgehead atoms. The highest BCUT2D eigenvalue weighted by molar-refractivity contribution is 7.92. The van der Waals surface area contributed by atoms with E-state index in [1.54, 1.807) is 32.8 Å². The lowest BCUT2D eigenvalue weighted by atomic mass is 10.2. The van der Waals surface area contributed by atoms with Crippen molar-refractivity contribution in [3.8, 4) is 0 Å². The van der Waals surface area contributed by atoms with Gasteiger partial charge in [-0.05, 0) is 40.5 Å². The van der Waals surface area contributed by atoms with E-state index in [1.807, 2.05) is 0 Å². The summed E-state index contributed by atoms with van der Waals surface area (Å²) < 4.78 is 13.6. The molecule has 22 heavy (non-hydrogen) atoms. The van der Waals surface area contributed by atoms with Crippen LogP contribution in [0, 0.1) is 0 Å². The Kier molecular flexibility index (Phi) is 6.92. The van der Waals surface area contributed by atoms with Crippen LogP contribution in [-0.2, 0) is 13.8 Å². The van der Waals surface area contributed by atoms with Crippen LogP contribution in [0.5, 0.6) is 0 Å². The molecular formula is C13H25N3O5S. The van der Waals surface area contributed by atoms with Gasteiger partial charge in [0.2, 0.25) is 0 Å². The summed E-state index contributed by atoms with van der Waals surface area (Å²) in [7, 11) is 0. The summed E-state index contributed by atoms with van der Waals surface area (Å²) in [6.07, 6.45) is 1.80. The normalized spacial score (nSPS) is 22.5. The van der Waals surface area contributed by atoms with Gasteiger partial charge in [-0.25, -0.2) is 9.08 Å². The standard InChI is InChI=1S/C13H25N3O5S/c1-12(2,3)20-11(19)14-13(4)15-22-21-16(13)9-7-5-6-8-10(17)18/h15H,5-9H2,1-4H3,(H,14,19)(H,17,18). The van der Waals surface area contributed by atoms with E-state index >= 15 is 0 Å². The first-order valence-corrected chi connectivity index (χ1v) is 7.98. The zero-order valence-corrected chi connectivity index (χ0v) is 14.3. The number of hydrogen-bond acceptors (Lipinski definition) is 7. The highest BCUT2D eigenvalue weighted by Crippen LogP contribution is 2.25. The summed E-state index contributed by atoms with van der Waals surface area (Å²) >= 11 is 1.03. The van der Waals surface area contributed by atoms with Gasteiger partial charge in [-0.1, -0.05) is 6.42 Å². The average molecular weight is 335 g/mol. The highest BCUT2D eigenvalue weighted by Gasteiger charge is 2.41. The topological polar surface area (TPSA) is 100 Å². The monoisotopic (exact) mass is 335 g/mol. The molecule has 1 unspecified atom stereocenters. The van der Waals surface area contributed by atoms with Gasteiger partial charge in [0.1, 0.15) is 17.8 Å². The smallest absolute Gasteiger partial charge is 0.410 e. The molecule has 1 aliphatic rings. The minimum Gasteiger partial charge on any atom is -0.481 e. The number of amides is 1. The van der Waals surface area contributed by atoms with Gasteiger partial charge < -0.3 is 9.84 Å². The number of ether oxygens (including phenoxy) is 1. The second-order valence-corrected chi connectivity index (χ2v) is 6.79. The van der Waals surface area contributed by atoms with E-state index in [9.17, 15) is 9.59 Å². The molecule has 1 rings (SSSR count). The molecule has 1 saturated heterocycles. The van der Waals surface area contributed by atoms with E-state index in [2.05, 4.69) is 10.0 Å². The second-order valence-electron chi connectivity index (χ2n) is 6.27. The lowest BCUT2D eigenvalue weighted by Gasteiger charge is -2.32. The molecule has 128 valence electrons. The predicted octanol–water partition coefficient (Wildman–Crippen LogP) is 2.23. The van der Waals surface area contributed by atoms with Crippen LogP contribution in [0.3, 0.4) is 0 Å². The van der Waals surface area contributed by atoms with E-state index in [-0.39, 0.29) is 6.42 Å². The number of nitrogens with zero attached hydrogens (tertiary/aromatic N) is 1. The van der Waals surface area contributed by atoms with E-state index in [4.69, 9.17) is 14.1 Å². The van der Waals surface area contributed by atoms with Crippen LogP contribution in [0.4, 0.5) is 4.79 Å². The third-order valence-corrected chi connectivity index (χ3v) is 3.60. The summed E-state index contributed by atoms with van der Waals surface area (Å²) in [6.45, 7) is 7.72. The molecule has 0 aromatic rings. The summed E-state index contributed by atoms with van der Waals surface area (Å²) in [4.78, 5) is 22.3. The van der Waals surface area contributed by atoms with Crippen LogP contribution in [0.2, 0.25) is 0 Å². The highest BCUT2D eigenvalue weighted by atomic mass is 32.2. The Morgan fingerprint density at radius 2 is 2.05 bits per heavy atom. The Morgan fingerprint density at radius 3 is 2.64 bits per heavy atom. The van der Waals surface area contributed by atoms with Crippen molar-refractivity contribution in [3.05, 3.63) is 0 Å². The Bertz CT molecular complexity index is 402. The van der Waals surface area contributed by atoms with Crippen LogP contribution >= 0.6 is 12.2 Å². The molecule has 8 nitrogen and oxygen atoms in total. The number of unbranched alkanes of at least 4 members (excludes halogenated alkanes) is 2. The second kappa shape index (κ2) is 8.00. The van der Waals surface area contributed by atoms with Gasteiger partial charge in [0, 0.05) is 13.0 Å². The number of carboxylic acid groups (broad SMARTS) is 1. The maximum atomic E-state index is 11.9. The van der Waals surface area contributed by atoms with Crippen molar-refractivity contribution in [2.45, 2.75) is 64.8 Å². The minimum atomic E-state index is -0.875. The van der Waals surface area contributed by atoms with Gasteiger partial charge in [-0.15, -0.1) is 5.06 Å². The molecule has 1 fully saturated rings. The number of aliphatic carboxylic acids is 1. The maximum Gasteiger partial charge on any atom is 0.410 e. The van der Waals surface area contributed by atoms with E-state index < -0.39 is 23.5 Å². The molecule has 0 saturated carbocycles. The zero-order chi connectivity index (χ0) is 16.8. The molecule has 1 aliphatic heterocycles. The summed E-state index contributed by atoms with van der Waals surface area (Å²) in [5.74, 6) is -1.66. The van der Waals surface area contributed by atoms with Gasteiger partial charge >= 0.3 is 12.1 Å². The lowest BCUT2D eigenvalue weighted by molar-refractivity contribution is -0.137. The fourth-order valence-corrected chi connectivity index (χ4v) is 2.50. The number of hydrogen-bond donors (Lipinski definition) is 3. The number of hydroxylamine groups is 2. The Morgan fingerprint density at radius 1 is 1.36 bits per heavy atom. The molecule has 0 spiro atoms. The molecule has 0 radical (unpaired) electrons. The molecule has 0 aromatic carbocycles. The molecule has 9 heteroatoms. The van der Waals surface area contributed by atoms with E-state index in [0.29, 0.717) is 13.0 Å². The van der Waals surface area contributed by atoms with Gasteiger partial charge in [0.25, 0.3) is 0 Å². The van der Waals surface area contributed by atoms with Crippen molar-refractivity contribution in [3.63, 3.8) is 0 Å². The Labute approximate surface area is 135 Å². The molecule has 0 aromatic heterocycles. The largest absolute Gasteiger partial charge is 0.481 e. The molecule has 3 N–H and O–H groups in total. The number of nitrogens with one attached hydrogen (secondary N) is 2. The van der Waals surface area contributed by atoms with E-state index in [1.165, 1.54) is 0 Å². The zero-order valence-electron chi connectivity index (χ0n) is 13.5. The molecule has 1 heterocycles. The van der Waals surface area contributed by atoms with Crippen molar-refractivity contribution in [2.24, 2.45) is 0 Å². The maximum absolute atomic E-state index is 11.9. The predicted molar refractivity (Wildman–Crippen MR) is 82.4 cm³/mol. The quantitative estimate of drug-likeness (QED) is 0.370. The summed E-state index contributed by atoms with van der Waals surface area (Å²) in [5, 5.41) is 12.9. The van der Waals surface area contributed by atoms with Crippen LogP contribution in [0.1, 0.15) is 53.4 Å². The van der Waals surface area contributed by atoms with Gasteiger partial charge in [0.15, 0.2) is 5.79 Å². The number of alkyl carbamates (subject to hydrolysis) is 1. The van der Waals surface area contributed by atoms with Crippen molar-refractivity contribution >= 4 is 24.3 Å². The number of carbonyl (C=O) groups excluding carboxylic acids is 1. The summed E-state index contributed by atoms with van der Waals surface area (Å²) in [5.41, 5.74) is -0.575. The lowest BCUT2D eigenvalue weighted by Crippen LogP contribution is -2.61. The van der Waals surface area contributed by atoms with Crippen LogP contribution in [-0.4, -0.2) is 40.2 Å². The Hall–Kier alpha value is -1.03. The van der Waals surface area contributed by atoms with Crippen molar-refractivity contribution in [1.29, 1.82) is 0 Å². The SMILES string of the molecule is CC(C)(C)OC(=O)NC1(C)NSON1CCCCCC(=O)O. The number of carbonyl (C=O) groups is 2. The number of carboxylic acids is 1. The summed E-state index contributed by atoms with van der Waals surface area (Å²) in [6, 6.07) is 0. The first-order chi connectivity index (χ1) is 10.1. The Balaban J connectivity index is 2.40.